The van der Waals surface area contributed by atoms with Gasteiger partial charge in [0.15, 0.2) is 0 Å². The van der Waals surface area contributed by atoms with Gasteiger partial charge in [-0.3, -0.25) is 19.6 Å². The van der Waals surface area contributed by atoms with Crippen LogP contribution in [0.5, 0.6) is 0 Å². The number of nitrogens with zero attached hydrogens (tertiary/aromatic N) is 4. The number of carbonyl (C=O) groups is 2. The van der Waals surface area contributed by atoms with Crippen molar-refractivity contribution in [2.75, 3.05) is 11.9 Å². The number of carbonyl (C=O) groups excluding carboxylic acids is 2. The summed E-state index contributed by atoms with van der Waals surface area (Å²) >= 11 is 0. The van der Waals surface area contributed by atoms with Crippen LogP contribution in [0, 0.1) is 13.8 Å². The minimum atomic E-state index is -0.524. The lowest BCUT2D eigenvalue weighted by Gasteiger charge is -2.11. The van der Waals surface area contributed by atoms with Crippen molar-refractivity contribution >= 4 is 28.8 Å². The number of benzene rings is 1. The van der Waals surface area contributed by atoms with E-state index in [2.05, 4.69) is 15.4 Å². The smallest absolute Gasteiger partial charge is 0.276 e. The molecule has 0 radical (unpaired) electrons. The highest BCUT2D eigenvalue weighted by Gasteiger charge is 2.20. The first-order valence-corrected chi connectivity index (χ1v) is 9.13. The van der Waals surface area contributed by atoms with Gasteiger partial charge in [-0.25, -0.2) is 4.98 Å². The van der Waals surface area contributed by atoms with Gasteiger partial charge in [0.1, 0.15) is 5.69 Å². The van der Waals surface area contributed by atoms with Crippen LogP contribution in [-0.2, 0) is 13.1 Å². The average Bonchev–Trinajstić information content (AvgIpc) is 3.16. The van der Waals surface area contributed by atoms with E-state index < -0.39 is 5.91 Å². The van der Waals surface area contributed by atoms with E-state index in [4.69, 9.17) is 5.73 Å². The number of aliphatic hydroxyl groups is 1. The van der Waals surface area contributed by atoms with Crippen LogP contribution >= 0.6 is 0 Å². The monoisotopic (exact) mass is 384 g/mol. The fourth-order valence-electron chi connectivity index (χ4n) is 3.32. The number of rotatable bonds is 7. The number of hydrogen-bond donors (Lipinski definition) is 3. The molecule has 3 aromatic rings. The van der Waals surface area contributed by atoms with E-state index in [0.29, 0.717) is 35.0 Å². The van der Waals surface area contributed by atoms with Gasteiger partial charge in [-0.05, 0) is 44.0 Å². The Kier molecular flexibility index (Phi) is 5.46. The molecule has 0 unspecified atom stereocenters. The normalized spacial score (nSPS) is 11.1. The molecule has 9 heteroatoms. The fraction of sp³-hybridized carbons (Fsp3) is 0.368. The molecule has 4 N–H and O–H groups in total. The molecule has 0 atom stereocenters. The first-order valence-electron chi connectivity index (χ1n) is 9.13. The number of aromatic nitrogens is 4. The van der Waals surface area contributed by atoms with Gasteiger partial charge in [-0.15, -0.1) is 0 Å². The van der Waals surface area contributed by atoms with Crippen LogP contribution < -0.4 is 11.1 Å². The Morgan fingerprint density at radius 2 is 1.96 bits per heavy atom. The van der Waals surface area contributed by atoms with Gasteiger partial charge in [0.25, 0.3) is 5.91 Å². The van der Waals surface area contributed by atoms with Crippen molar-refractivity contribution in [2.45, 2.75) is 40.3 Å². The lowest BCUT2D eigenvalue weighted by Crippen LogP contribution is -2.21. The molecule has 0 saturated carbocycles. The number of imidazole rings is 1. The van der Waals surface area contributed by atoms with Gasteiger partial charge in [-0.2, -0.15) is 5.10 Å². The summed E-state index contributed by atoms with van der Waals surface area (Å²) in [6.45, 7) is 6.45. The fourth-order valence-corrected chi connectivity index (χ4v) is 3.32. The van der Waals surface area contributed by atoms with E-state index in [9.17, 15) is 14.7 Å². The van der Waals surface area contributed by atoms with Gasteiger partial charge in [-0.1, -0.05) is 6.92 Å². The zero-order valence-corrected chi connectivity index (χ0v) is 16.2. The van der Waals surface area contributed by atoms with Crippen LogP contribution in [0.25, 0.3) is 11.0 Å². The Balaban J connectivity index is 2.05. The second-order valence-electron chi connectivity index (χ2n) is 6.68. The van der Waals surface area contributed by atoms with E-state index in [-0.39, 0.29) is 19.1 Å². The largest absolute Gasteiger partial charge is 0.394 e. The number of amides is 2. The Hall–Kier alpha value is -3.20. The summed E-state index contributed by atoms with van der Waals surface area (Å²) < 4.78 is 3.39. The minimum Gasteiger partial charge on any atom is -0.394 e. The predicted molar refractivity (Wildman–Crippen MR) is 105 cm³/mol. The summed E-state index contributed by atoms with van der Waals surface area (Å²) in [5.74, 6) is -0.500. The zero-order chi connectivity index (χ0) is 20.4. The third-order valence-corrected chi connectivity index (χ3v) is 4.44. The first kappa shape index (κ1) is 19.6. The molecule has 3 rings (SSSR count). The van der Waals surface area contributed by atoms with Crippen molar-refractivity contribution in [1.82, 2.24) is 19.3 Å². The van der Waals surface area contributed by atoms with E-state index in [0.717, 1.165) is 17.5 Å². The molecule has 2 aromatic heterocycles. The summed E-state index contributed by atoms with van der Waals surface area (Å²) in [5.41, 5.74) is 9.11. The molecule has 0 spiro atoms. The Morgan fingerprint density at radius 3 is 2.61 bits per heavy atom. The van der Waals surface area contributed by atoms with E-state index in [1.807, 2.05) is 18.4 Å². The number of primary amides is 1. The van der Waals surface area contributed by atoms with Crippen LogP contribution in [0.3, 0.4) is 0 Å². The molecule has 28 heavy (non-hydrogen) atoms. The Morgan fingerprint density at radius 1 is 1.21 bits per heavy atom. The Bertz CT molecular complexity index is 1050. The van der Waals surface area contributed by atoms with Crippen LogP contribution in [0.4, 0.5) is 5.95 Å². The maximum absolute atomic E-state index is 12.8. The lowest BCUT2D eigenvalue weighted by atomic mass is 10.1. The minimum absolute atomic E-state index is 0.120. The van der Waals surface area contributed by atoms with Crippen molar-refractivity contribution in [3.63, 3.8) is 0 Å². The number of hydrogen-bond acceptors (Lipinski definition) is 5. The topological polar surface area (TPSA) is 128 Å². The summed E-state index contributed by atoms with van der Waals surface area (Å²) in [5, 5.41) is 16.3. The van der Waals surface area contributed by atoms with E-state index in [1.165, 1.54) is 4.68 Å². The second kappa shape index (κ2) is 7.81. The number of aliphatic hydroxyl groups excluding tert-OH is 1. The van der Waals surface area contributed by atoms with Crippen molar-refractivity contribution in [3.05, 3.63) is 40.7 Å². The average molecular weight is 384 g/mol. The third-order valence-electron chi connectivity index (χ3n) is 4.44. The molecule has 0 fully saturated rings. The molecule has 2 amide bonds. The van der Waals surface area contributed by atoms with Gasteiger partial charge in [0, 0.05) is 12.1 Å². The van der Waals surface area contributed by atoms with E-state index in [1.54, 1.807) is 25.1 Å². The number of anilines is 1. The SMILES string of the molecule is CCCn1c(NC(=O)c2cc(C)nn2CCO)nc2cc(C(N)=O)cc(C)c21. The third kappa shape index (κ3) is 3.61. The summed E-state index contributed by atoms with van der Waals surface area (Å²) in [6, 6.07) is 5.02. The molecule has 9 nitrogen and oxygen atoms in total. The summed E-state index contributed by atoms with van der Waals surface area (Å²) in [7, 11) is 0. The van der Waals surface area contributed by atoms with E-state index >= 15 is 0 Å². The molecule has 0 aliphatic rings. The molecule has 0 aliphatic heterocycles. The number of aryl methyl sites for hydroxylation is 3. The summed E-state index contributed by atoms with van der Waals surface area (Å²) in [4.78, 5) is 28.9. The molecule has 148 valence electrons. The van der Waals surface area contributed by atoms with Gasteiger partial charge < -0.3 is 15.4 Å². The van der Waals surface area contributed by atoms with Crippen LogP contribution in [0.1, 0.15) is 45.4 Å². The van der Waals surface area contributed by atoms with Crippen molar-refractivity contribution in [2.24, 2.45) is 5.73 Å². The molecule has 2 heterocycles. The number of nitrogens with two attached hydrogens (primary N) is 1. The standard InChI is InChI=1S/C19H24N6O3/c1-4-5-24-16-11(2)8-13(17(20)27)10-14(16)21-19(24)22-18(28)15-9-12(3)23-25(15)6-7-26/h8-10,26H,4-7H2,1-3H3,(H2,20,27)(H,21,22,28). The lowest BCUT2D eigenvalue weighted by molar-refractivity contribution is 0.0995. The van der Waals surface area contributed by atoms with Gasteiger partial charge >= 0.3 is 0 Å². The maximum Gasteiger partial charge on any atom is 0.276 e. The van der Waals surface area contributed by atoms with Crippen LogP contribution in [0.15, 0.2) is 18.2 Å². The molecule has 0 aliphatic carbocycles. The molecular weight excluding hydrogens is 360 g/mol. The van der Waals surface area contributed by atoms with Crippen LogP contribution in [-0.4, -0.2) is 42.9 Å². The molecule has 0 saturated heterocycles. The number of nitrogens with one attached hydrogen (secondary N) is 1. The van der Waals surface area contributed by atoms with Crippen molar-refractivity contribution < 1.29 is 14.7 Å². The van der Waals surface area contributed by atoms with Crippen molar-refractivity contribution in [1.29, 1.82) is 0 Å². The molecular formula is C19H24N6O3. The molecule has 0 bridgehead atoms. The summed E-state index contributed by atoms with van der Waals surface area (Å²) in [6.07, 6.45) is 0.840. The first-order chi connectivity index (χ1) is 13.3. The van der Waals surface area contributed by atoms with Gasteiger partial charge in [0.2, 0.25) is 11.9 Å². The highest BCUT2D eigenvalue weighted by atomic mass is 16.3. The maximum atomic E-state index is 12.8. The van der Waals surface area contributed by atoms with Gasteiger partial charge in [0.05, 0.1) is 29.9 Å². The number of fused-ring (bicyclic) bond motifs is 1. The highest BCUT2D eigenvalue weighted by molar-refractivity contribution is 6.03. The second-order valence-corrected chi connectivity index (χ2v) is 6.68. The quantitative estimate of drug-likeness (QED) is 0.570. The van der Waals surface area contributed by atoms with Crippen LogP contribution in [0.2, 0.25) is 0 Å². The highest BCUT2D eigenvalue weighted by Crippen LogP contribution is 2.25. The molecule has 1 aromatic carbocycles. The zero-order valence-electron chi connectivity index (χ0n) is 16.2. The van der Waals surface area contributed by atoms with Crippen molar-refractivity contribution in [3.8, 4) is 0 Å². The Labute approximate surface area is 162 Å². The predicted octanol–water partition coefficient (Wildman–Crippen LogP) is 1.60.